The lowest BCUT2D eigenvalue weighted by Gasteiger charge is -2.32. The summed E-state index contributed by atoms with van der Waals surface area (Å²) < 4.78 is 55.8. The van der Waals surface area contributed by atoms with Gasteiger partial charge in [-0.1, -0.05) is 0 Å². The zero-order valence-corrected chi connectivity index (χ0v) is 18.8. The lowest BCUT2D eigenvalue weighted by molar-refractivity contribution is 0.326. The summed E-state index contributed by atoms with van der Waals surface area (Å²) in [4.78, 5) is 20.1. The van der Waals surface area contributed by atoms with Crippen molar-refractivity contribution in [2.75, 3.05) is 18.4 Å². The van der Waals surface area contributed by atoms with Crippen LogP contribution in [-0.4, -0.2) is 51.6 Å². The van der Waals surface area contributed by atoms with Crippen molar-refractivity contribution in [3.63, 3.8) is 0 Å². The van der Waals surface area contributed by atoms with Crippen molar-refractivity contribution in [3.8, 4) is 11.3 Å². The molecule has 1 aliphatic heterocycles. The first-order chi connectivity index (χ1) is 14.5. The second-order valence-electron chi connectivity index (χ2n) is 8.18. The van der Waals surface area contributed by atoms with E-state index < -0.39 is 32.5 Å². The summed E-state index contributed by atoms with van der Waals surface area (Å²) in [6, 6.07) is 0.570. The molecule has 31 heavy (non-hydrogen) atoms. The fourth-order valence-electron chi connectivity index (χ4n) is 3.45. The number of sulfonamides is 1. The molecule has 0 spiro atoms. The number of hydrogen-bond donors (Lipinski definition) is 1. The van der Waals surface area contributed by atoms with Crippen molar-refractivity contribution >= 4 is 16.0 Å². The molecule has 3 heterocycles. The highest BCUT2D eigenvalue weighted by Crippen LogP contribution is 2.24. The molecule has 8 nitrogen and oxygen atoms in total. The number of rotatable bonds is 6. The second kappa shape index (κ2) is 8.99. The number of halogens is 2. The lowest BCUT2D eigenvalue weighted by atomic mass is 10.1. The molecular formula is C20H27F2N5O3S. The smallest absolute Gasteiger partial charge is 0.286 e. The quantitative estimate of drug-likeness (QED) is 0.720. The number of anilines is 1. The van der Waals surface area contributed by atoms with Crippen LogP contribution in [0, 0.1) is 11.6 Å². The van der Waals surface area contributed by atoms with Crippen LogP contribution >= 0.6 is 0 Å². The molecule has 0 aromatic carbocycles. The van der Waals surface area contributed by atoms with Crippen molar-refractivity contribution in [1.82, 2.24) is 18.8 Å². The Bertz CT molecular complexity index is 1110. The third kappa shape index (κ3) is 4.93. The van der Waals surface area contributed by atoms with Gasteiger partial charge in [-0.05, 0) is 46.6 Å². The van der Waals surface area contributed by atoms with E-state index in [9.17, 15) is 22.0 Å². The highest BCUT2D eigenvalue weighted by Gasteiger charge is 2.30. The van der Waals surface area contributed by atoms with Crippen LogP contribution < -0.4 is 10.9 Å². The molecule has 0 amide bonds. The molecule has 3 rings (SSSR count). The lowest BCUT2D eigenvalue weighted by Crippen LogP contribution is -2.45. The molecule has 2 aromatic rings. The molecule has 1 N–H and O–H groups in total. The van der Waals surface area contributed by atoms with Gasteiger partial charge < -0.3 is 9.88 Å². The zero-order chi connectivity index (χ0) is 22.9. The Hall–Kier alpha value is -2.40. The molecular weight excluding hydrogens is 428 g/mol. The molecule has 1 saturated heterocycles. The van der Waals surface area contributed by atoms with Crippen molar-refractivity contribution in [2.24, 2.45) is 0 Å². The van der Waals surface area contributed by atoms with Gasteiger partial charge in [-0.3, -0.25) is 4.79 Å². The van der Waals surface area contributed by atoms with Gasteiger partial charge in [0.15, 0.2) is 11.6 Å². The normalized spacial score (nSPS) is 16.3. The highest BCUT2D eigenvalue weighted by molar-refractivity contribution is 7.89. The summed E-state index contributed by atoms with van der Waals surface area (Å²) in [5.74, 6) is -1.57. The number of aromatic nitrogens is 3. The van der Waals surface area contributed by atoms with E-state index in [4.69, 9.17) is 0 Å². The minimum atomic E-state index is -3.30. The summed E-state index contributed by atoms with van der Waals surface area (Å²) in [7, 11) is -3.30. The van der Waals surface area contributed by atoms with E-state index >= 15 is 0 Å². The van der Waals surface area contributed by atoms with E-state index in [2.05, 4.69) is 15.3 Å². The average molecular weight is 456 g/mol. The summed E-state index contributed by atoms with van der Waals surface area (Å²) in [5, 5.41) is 2.63. The van der Waals surface area contributed by atoms with Crippen LogP contribution in [0.25, 0.3) is 11.3 Å². The Balaban J connectivity index is 1.80. The van der Waals surface area contributed by atoms with Crippen molar-refractivity contribution < 1.29 is 17.2 Å². The molecule has 0 bridgehead atoms. The molecule has 0 atom stereocenters. The maximum absolute atomic E-state index is 14.4. The Kier molecular flexibility index (Phi) is 6.75. The van der Waals surface area contributed by atoms with Gasteiger partial charge in [0, 0.05) is 36.9 Å². The Morgan fingerprint density at radius 3 is 2.35 bits per heavy atom. The minimum absolute atomic E-state index is 0.0849. The molecule has 170 valence electrons. The Morgan fingerprint density at radius 1 is 1.13 bits per heavy atom. The highest BCUT2D eigenvalue weighted by atomic mass is 32.2. The maximum atomic E-state index is 14.4. The molecule has 0 unspecified atom stereocenters. The first-order valence-electron chi connectivity index (χ1n) is 10.2. The molecule has 0 aliphatic carbocycles. The average Bonchev–Trinajstić information content (AvgIpc) is 2.71. The standard InChI is InChI=1S/C20H27F2N5O3S/c1-12(2)27-11-14(9-16(21)19(27)28)18-17(22)10-23-20(25-18)24-15-5-7-26(8-6-15)31(29,30)13(3)4/h9-13,15H,5-8H2,1-4H3,(H,23,24,25). The van der Waals surface area contributed by atoms with E-state index in [1.165, 1.54) is 15.1 Å². The van der Waals surface area contributed by atoms with Gasteiger partial charge in [-0.15, -0.1) is 0 Å². The van der Waals surface area contributed by atoms with Crippen LogP contribution in [0.4, 0.5) is 14.7 Å². The van der Waals surface area contributed by atoms with E-state index in [0.29, 0.717) is 25.9 Å². The summed E-state index contributed by atoms with van der Waals surface area (Å²) in [6.07, 6.45) is 3.47. The van der Waals surface area contributed by atoms with Gasteiger partial charge in [0.2, 0.25) is 16.0 Å². The number of nitrogens with one attached hydrogen (secondary N) is 1. The van der Waals surface area contributed by atoms with Gasteiger partial charge >= 0.3 is 0 Å². The minimum Gasteiger partial charge on any atom is -0.351 e. The molecule has 11 heteroatoms. The summed E-state index contributed by atoms with van der Waals surface area (Å²) >= 11 is 0. The maximum Gasteiger partial charge on any atom is 0.286 e. The second-order valence-corrected chi connectivity index (χ2v) is 10.7. The molecule has 0 saturated carbocycles. The van der Waals surface area contributed by atoms with Crippen molar-refractivity contribution in [1.29, 1.82) is 0 Å². The van der Waals surface area contributed by atoms with E-state index in [0.717, 1.165) is 12.3 Å². The van der Waals surface area contributed by atoms with Crippen LogP contribution in [0.15, 0.2) is 23.3 Å². The molecule has 2 aromatic heterocycles. The zero-order valence-electron chi connectivity index (χ0n) is 18.0. The Morgan fingerprint density at radius 2 is 1.77 bits per heavy atom. The fourth-order valence-corrected chi connectivity index (χ4v) is 4.77. The van der Waals surface area contributed by atoms with E-state index in [1.807, 2.05) is 0 Å². The predicted octanol–water partition coefficient (Wildman–Crippen LogP) is 2.78. The number of pyridine rings is 1. The first kappa shape index (κ1) is 23.3. The third-order valence-corrected chi connectivity index (χ3v) is 7.59. The van der Waals surface area contributed by atoms with Gasteiger partial charge in [-0.2, -0.15) is 0 Å². The van der Waals surface area contributed by atoms with Crippen molar-refractivity contribution in [2.45, 2.75) is 57.9 Å². The molecule has 1 aliphatic rings. The fraction of sp³-hybridized carbons (Fsp3) is 0.550. The van der Waals surface area contributed by atoms with Crippen LogP contribution in [0.3, 0.4) is 0 Å². The van der Waals surface area contributed by atoms with Crippen LogP contribution in [0.1, 0.15) is 46.6 Å². The monoisotopic (exact) mass is 455 g/mol. The van der Waals surface area contributed by atoms with E-state index in [1.54, 1.807) is 27.7 Å². The Labute approximate surface area is 180 Å². The summed E-state index contributed by atoms with van der Waals surface area (Å²) in [6.45, 7) is 7.49. The number of hydrogen-bond acceptors (Lipinski definition) is 6. The van der Waals surface area contributed by atoms with Gasteiger partial charge in [-0.25, -0.2) is 31.5 Å². The third-order valence-electron chi connectivity index (χ3n) is 5.32. The molecule has 1 fully saturated rings. The van der Waals surface area contributed by atoms with Crippen LogP contribution in [-0.2, 0) is 10.0 Å². The SMILES string of the molecule is CC(C)n1cc(-c2nc(NC3CCN(S(=O)(=O)C(C)C)CC3)ncc2F)cc(F)c1=O. The van der Waals surface area contributed by atoms with Crippen LogP contribution in [0.5, 0.6) is 0 Å². The predicted molar refractivity (Wildman–Crippen MR) is 114 cm³/mol. The van der Waals surface area contributed by atoms with Gasteiger partial charge in [0.1, 0.15) is 5.69 Å². The largest absolute Gasteiger partial charge is 0.351 e. The number of piperidine rings is 1. The summed E-state index contributed by atoms with van der Waals surface area (Å²) in [5.41, 5.74) is -0.771. The number of nitrogens with zero attached hydrogens (tertiary/aromatic N) is 4. The topological polar surface area (TPSA) is 97.2 Å². The van der Waals surface area contributed by atoms with Crippen molar-refractivity contribution in [3.05, 3.63) is 40.4 Å². The van der Waals surface area contributed by atoms with E-state index in [-0.39, 0.29) is 29.3 Å². The first-order valence-corrected chi connectivity index (χ1v) is 11.7. The van der Waals surface area contributed by atoms with Crippen LogP contribution in [0.2, 0.25) is 0 Å². The molecule has 0 radical (unpaired) electrons. The van der Waals surface area contributed by atoms with Gasteiger partial charge in [0.05, 0.1) is 11.4 Å². The van der Waals surface area contributed by atoms with Gasteiger partial charge in [0.25, 0.3) is 5.56 Å².